The highest BCUT2D eigenvalue weighted by Crippen LogP contribution is 2.22. The summed E-state index contributed by atoms with van der Waals surface area (Å²) in [6, 6.07) is 0. The summed E-state index contributed by atoms with van der Waals surface area (Å²) in [5, 5.41) is 6.32. The summed E-state index contributed by atoms with van der Waals surface area (Å²) >= 11 is 1.62. The molecule has 0 fully saturated rings. The average Bonchev–Trinajstić information content (AvgIpc) is 2.86. The van der Waals surface area contributed by atoms with Crippen LogP contribution in [0.15, 0.2) is 16.0 Å². The molecule has 0 aliphatic heterocycles. The Morgan fingerprint density at radius 2 is 2.29 bits per heavy atom. The summed E-state index contributed by atoms with van der Waals surface area (Å²) in [6.45, 7) is 7.96. The fourth-order valence-electron chi connectivity index (χ4n) is 1.45. The number of nitrogens with one attached hydrogen (secondary N) is 1. The minimum atomic E-state index is 0.630. The number of rotatable bonds is 5. The molecule has 0 saturated heterocycles. The van der Waals surface area contributed by atoms with Gasteiger partial charge in [-0.25, -0.2) is 9.97 Å². The average molecular weight is 251 g/mol. The predicted octanol–water partition coefficient (Wildman–Crippen LogP) is 2.85. The van der Waals surface area contributed by atoms with E-state index in [2.05, 4.69) is 29.1 Å². The first kappa shape index (κ1) is 12.3. The molecule has 0 bridgehead atoms. The van der Waals surface area contributed by atoms with Crippen molar-refractivity contribution < 1.29 is 4.42 Å². The van der Waals surface area contributed by atoms with Gasteiger partial charge in [0.25, 0.3) is 0 Å². The molecule has 4 nitrogen and oxygen atoms in total. The monoisotopic (exact) mass is 251 g/mol. The quantitative estimate of drug-likeness (QED) is 0.887. The summed E-state index contributed by atoms with van der Waals surface area (Å²) in [4.78, 5) is 8.60. The van der Waals surface area contributed by atoms with Crippen LogP contribution in [0.3, 0.4) is 0 Å². The Bertz CT molecular complexity index is 476. The third-order valence-electron chi connectivity index (χ3n) is 2.25. The Balaban J connectivity index is 1.96. The van der Waals surface area contributed by atoms with Crippen LogP contribution < -0.4 is 5.32 Å². The summed E-state index contributed by atoms with van der Waals surface area (Å²) < 4.78 is 5.64. The van der Waals surface area contributed by atoms with Gasteiger partial charge in [-0.2, -0.15) is 0 Å². The number of thiazole rings is 1. The zero-order valence-corrected chi connectivity index (χ0v) is 11.2. The van der Waals surface area contributed by atoms with Crippen molar-refractivity contribution in [2.24, 2.45) is 5.92 Å². The van der Waals surface area contributed by atoms with E-state index in [1.807, 2.05) is 12.3 Å². The van der Waals surface area contributed by atoms with Gasteiger partial charge in [0.15, 0.2) is 5.76 Å². The maximum absolute atomic E-state index is 5.64. The van der Waals surface area contributed by atoms with E-state index >= 15 is 0 Å². The second-order valence-corrected chi connectivity index (χ2v) is 5.46. The van der Waals surface area contributed by atoms with E-state index < -0.39 is 0 Å². The van der Waals surface area contributed by atoms with Crippen molar-refractivity contribution in [3.63, 3.8) is 0 Å². The maximum atomic E-state index is 5.64. The lowest BCUT2D eigenvalue weighted by atomic mass is 10.2. The minimum absolute atomic E-state index is 0.630. The van der Waals surface area contributed by atoms with Gasteiger partial charge in [-0.1, -0.05) is 13.8 Å². The molecule has 5 heteroatoms. The molecule has 0 saturated carbocycles. The van der Waals surface area contributed by atoms with Crippen LogP contribution in [0.4, 0.5) is 0 Å². The van der Waals surface area contributed by atoms with E-state index in [1.54, 1.807) is 17.5 Å². The largest absolute Gasteiger partial charge is 0.438 e. The molecule has 2 aromatic heterocycles. The van der Waals surface area contributed by atoms with Gasteiger partial charge in [0, 0.05) is 5.38 Å². The second-order valence-electron chi connectivity index (χ2n) is 4.39. The van der Waals surface area contributed by atoms with Crippen LogP contribution in [0.5, 0.6) is 0 Å². The van der Waals surface area contributed by atoms with Crippen LogP contribution >= 0.6 is 11.3 Å². The van der Waals surface area contributed by atoms with E-state index in [0.29, 0.717) is 18.4 Å². The summed E-state index contributed by atoms with van der Waals surface area (Å²) in [6.07, 6.45) is 1.74. The highest BCUT2D eigenvalue weighted by Gasteiger charge is 2.08. The molecule has 0 aromatic carbocycles. The van der Waals surface area contributed by atoms with Crippen molar-refractivity contribution in [2.45, 2.75) is 27.3 Å². The van der Waals surface area contributed by atoms with Crippen LogP contribution in [0.1, 0.15) is 24.7 Å². The van der Waals surface area contributed by atoms with Crippen molar-refractivity contribution in [1.29, 1.82) is 0 Å². The molecule has 2 heterocycles. The SMILES string of the molecule is Cc1nc(-c2cnc(CNCC(C)C)o2)cs1. The zero-order chi connectivity index (χ0) is 12.3. The summed E-state index contributed by atoms with van der Waals surface area (Å²) in [5.74, 6) is 2.09. The van der Waals surface area contributed by atoms with E-state index in [9.17, 15) is 0 Å². The van der Waals surface area contributed by atoms with E-state index in [0.717, 1.165) is 23.0 Å². The fraction of sp³-hybridized carbons (Fsp3) is 0.500. The van der Waals surface area contributed by atoms with Gasteiger partial charge < -0.3 is 9.73 Å². The first-order valence-corrected chi connectivity index (χ1v) is 6.61. The lowest BCUT2D eigenvalue weighted by Gasteiger charge is -2.03. The van der Waals surface area contributed by atoms with Crippen molar-refractivity contribution in [2.75, 3.05) is 6.54 Å². The van der Waals surface area contributed by atoms with Crippen molar-refractivity contribution in [3.05, 3.63) is 22.5 Å². The normalized spacial score (nSPS) is 11.3. The minimum Gasteiger partial charge on any atom is -0.438 e. The molecule has 1 N–H and O–H groups in total. The molecule has 17 heavy (non-hydrogen) atoms. The molecule has 0 spiro atoms. The van der Waals surface area contributed by atoms with Crippen molar-refractivity contribution in [1.82, 2.24) is 15.3 Å². The Kier molecular flexibility index (Phi) is 3.91. The van der Waals surface area contributed by atoms with E-state index in [4.69, 9.17) is 4.42 Å². The standard InChI is InChI=1S/C12H17N3OS/c1-8(2)4-13-6-12-14-5-11(16-12)10-7-17-9(3)15-10/h5,7-8,13H,4,6H2,1-3H3. The Hall–Kier alpha value is -1.20. The summed E-state index contributed by atoms with van der Waals surface area (Å²) in [7, 11) is 0. The highest BCUT2D eigenvalue weighted by atomic mass is 32.1. The van der Waals surface area contributed by atoms with Gasteiger partial charge in [-0.15, -0.1) is 11.3 Å². The Morgan fingerprint density at radius 3 is 2.94 bits per heavy atom. The first-order valence-electron chi connectivity index (χ1n) is 5.73. The lowest BCUT2D eigenvalue weighted by Crippen LogP contribution is -2.18. The molecule has 92 valence electrons. The van der Waals surface area contributed by atoms with E-state index in [1.165, 1.54) is 0 Å². The van der Waals surface area contributed by atoms with Crippen LogP contribution in [0.25, 0.3) is 11.5 Å². The number of aryl methyl sites for hydroxylation is 1. The van der Waals surface area contributed by atoms with Gasteiger partial charge >= 0.3 is 0 Å². The fourth-order valence-corrected chi connectivity index (χ4v) is 2.06. The summed E-state index contributed by atoms with van der Waals surface area (Å²) in [5.41, 5.74) is 0.870. The van der Waals surface area contributed by atoms with Gasteiger partial charge in [0.1, 0.15) is 5.69 Å². The van der Waals surface area contributed by atoms with Crippen LogP contribution in [-0.4, -0.2) is 16.5 Å². The Morgan fingerprint density at radius 1 is 1.47 bits per heavy atom. The topological polar surface area (TPSA) is 51.0 Å². The van der Waals surface area contributed by atoms with Gasteiger partial charge in [-0.3, -0.25) is 0 Å². The zero-order valence-electron chi connectivity index (χ0n) is 10.4. The molecular weight excluding hydrogens is 234 g/mol. The second kappa shape index (κ2) is 5.42. The third-order valence-corrected chi connectivity index (χ3v) is 3.03. The number of nitrogens with zero attached hydrogens (tertiary/aromatic N) is 2. The smallest absolute Gasteiger partial charge is 0.208 e. The Labute approximate surface area is 105 Å². The van der Waals surface area contributed by atoms with Gasteiger partial charge in [-0.05, 0) is 19.4 Å². The number of aromatic nitrogens is 2. The molecule has 0 atom stereocenters. The first-order chi connectivity index (χ1) is 8.15. The predicted molar refractivity (Wildman–Crippen MR) is 68.9 cm³/mol. The third kappa shape index (κ3) is 3.38. The van der Waals surface area contributed by atoms with Gasteiger partial charge in [0.05, 0.1) is 17.7 Å². The molecule has 2 rings (SSSR count). The molecule has 0 unspecified atom stereocenters. The number of hydrogen-bond donors (Lipinski definition) is 1. The van der Waals surface area contributed by atoms with Crippen LogP contribution in [0.2, 0.25) is 0 Å². The van der Waals surface area contributed by atoms with E-state index in [-0.39, 0.29) is 0 Å². The number of oxazole rings is 1. The number of hydrogen-bond acceptors (Lipinski definition) is 5. The molecule has 0 aliphatic rings. The molecule has 0 amide bonds. The highest BCUT2D eigenvalue weighted by molar-refractivity contribution is 7.09. The van der Waals surface area contributed by atoms with Gasteiger partial charge in [0.2, 0.25) is 5.89 Å². The van der Waals surface area contributed by atoms with Crippen molar-refractivity contribution >= 4 is 11.3 Å². The van der Waals surface area contributed by atoms with Crippen LogP contribution in [-0.2, 0) is 6.54 Å². The molecular formula is C12H17N3OS. The van der Waals surface area contributed by atoms with Crippen LogP contribution in [0, 0.1) is 12.8 Å². The molecule has 0 radical (unpaired) electrons. The molecule has 0 aliphatic carbocycles. The lowest BCUT2D eigenvalue weighted by molar-refractivity contribution is 0.458. The van der Waals surface area contributed by atoms with Crippen molar-refractivity contribution in [3.8, 4) is 11.5 Å². The maximum Gasteiger partial charge on any atom is 0.208 e. The molecule has 2 aromatic rings.